The molecule has 2 aromatic rings. The monoisotopic (exact) mass is 170 g/mol. The van der Waals surface area contributed by atoms with E-state index in [1.807, 2.05) is 0 Å². The highest BCUT2D eigenvalue weighted by atomic mass is 35.5. The summed E-state index contributed by atoms with van der Waals surface area (Å²) in [5, 5.41) is 4.13. The largest absolute Gasteiger partial charge is 0.216 e. The van der Waals surface area contributed by atoms with E-state index in [4.69, 9.17) is 11.6 Å². The lowest BCUT2D eigenvalue weighted by molar-refractivity contribution is 0.545. The van der Waals surface area contributed by atoms with Gasteiger partial charge < -0.3 is 0 Å². The van der Waals surface area contributed by atoms with E-state index < -0.39 is 5.95 Å². The molecule has 2 heterocycles. The summed E-state index contributed by atoms with van der Waals surface area (Å²) in [4.78, 5) is 0. The molecule has 0 bridgehead atoms. The fourth-order valence-corrected chi connectivity index (χ4v) is 1.16. The number of nitrogens with zero attached hydrogens (tertiary/aromatic N) is 2. The Morgan fingerprint density at radius 2 is 2.27 bits per heavy atom. The van der Waals surface area contributed by atoms with Gasteiger partial charge in [-0.2, -0.15) is 9.49 Å². The molecule has 56 valence electrons. The van der Waals surface area contributed by atoms with Crippen molar-refractivity contribution in [2.24, 2.45) is 0 Å². The number of fused-ring (bicyclic) bond motifs is 1. The normalized spacial score (nSPS) is 10.7. The Hall–Kier alpha value is -1.09. The van der Waals surface area contributed by atoms with Crippen LogP contribution in [0.15, 0.2) is 24.4 Å². The quantitative estimate of drug-likeness (QED) is 0.554. The molecule has 0 aliphatic heterocycles. The van der Waals surface area contributed by atoms with Crippen molar-refractivity contribution in [3.05, 3.63) is 35.4 Å². The summed E-state index contributed by atoms with van der Waals surface area (Å²) in [7, 11) is 0. The predicted octanol–water partition coefficient (Wildman–Crippen LogP) is 2.13. The summed E-state index contributed by atoms with van der Waals surface area (Å²) >= 11 is 5.60. The highest BCUT2D eigenvalue weighted by Crippen LogP contribution is 2.13. The van der Waals surface area contributed by atoms with Crippen LogP contribution in [0.3, 0.4) is 0 Å². The zero-order valence-electron chi connectivity index (χ0n) is 5.46. The third-order valence-corrected chi connectivity index (χ3v) is 1.64. The van der Waals surface area contributed by atoms with E-state index in [-0.39, 0.29) is 0 Å². The average molecular weight is 171 g/mol. The lowest BCUT2D eigenvalue weighted by atomic mass is 10.4. The van der Waals surface area contributed by atoms with Crippen LogP contribution in [-0.2, 0) is 0 Å². The maximum atomic E-state index is 12.9. The van der Waals surface area contributed by atoms with E-state index in [9.17, 15) is 4.39 Å². The van der Waals surface area contributed by atoms with E-state index in [1.54, 1.807) is 12.1 Å². The summed E-state index contributed by atoms with van der Waals surface area (Å²) in [6.45, 7) is 0. The number of aromatic nitrogens is 2. The van der Waals surface area contributed by atoms with Crippen molar-refractivity contribution in [3.63, 3.8) is 0 Å². The van der Waals surface area contributed by atoms with E-state index in [0.717, 1.165) is 0 Å². The van der Waals surface area contributed by atoms with Crippen molar-refractivity contribution in [1.82, 2.24) is 9.61 Å². The maximum absolute atomic E-state index is 12.9. The molecular weight excluding hydrogens is 167 g/mol. The molecule has 0 aliphatic carbocycles. The minimum Gasteiger partial charge on any atom is -0.207 e. The molecule has 0 amide bonds. The molecule has 11 heavy (non-hydrogen) atoms. The molecule has 2 rings (SSSR count). The summed E-state index contributed by atoms with van der Waals surface area (Å²) in [6, 6.07) is 4.56. The average Bonchev–Trinajstić information content (AvgIpc) is 2.34. The third kappa shape index (κ3) is 0.973. The topological polar surface area (TPSA) is 17.3 Å². The first-order valence-electron chi connectivity index (χ1n) is 3.06. The van der Waals surface area contributed by atoms with Crippen molar-refractivity contribution in [2.45, 2.75) is 0 Å². The van der Waals surface area contributed by atoms with Gasteiger partial charge in [0.25, 0.3) is 0 Å². The zero-order valence-corrected chi connectivity index (χ0v) is 6.22. The number of pyridine rings is 1. The van der Waals surface area contributed by atoms with Crippen LogP contribution in [0.1, 0.15) is 0 Å². The number of halogens is 2. The van der Waals surface area contributed by atoms with Gasteiger partial charge in [0.1, 0.15) is 0 Å². The zero-order chi connectivity index (χ0) is 7.84. The van der Waals surface area contributed by atoms with Gasteiger partial charge in [-0.3, -0.25) is 0 Å². The first-order chi connectivity index (χ1) is 5.27. The molecule has 0 radical (unpaired) electrons. The Labute approximate surface area is 67.2 Å². The minimum atomic E-state index is -0.447. The molecule has 2 aromatic heterocycles. The Morgan fingerprint density at radius 3 is 3.09 bits per heavy atom. The smallest absolute Gasteiger partial charge is 0.207 e. The lowest BCUT2D eigenvalue weighted by Crippen LogP contribution is -1.92. The lowest BCUT2D eigenvalue weighted by Gasteiger charge is -1.94. The van der Waals surface area contributed by atoms with Crippen LogP contribution >= 0.6 is 11.6 Å². The summed E-state index contributed by atoms with van der Waals surface area (Å²) < 4.78 is 14.1. The molecule has 2 nitrogen and oxygen atoms in total. The van der Waals surface area contributed by atoms with Crippen LogP contribution in [0.5, 0.6) is 0 Å². The fourth-order valence-electron chi connectivity index (χ4n) is 0.959. The first kappa shape index (κ1) is 6.61. The van der Waals surface area contributed by atoms with Gasteiger partial charge in [0.15, 0.2) is 0 Å². The van der Waals surface area contributed by atoms with Crippen LogP contribution in [-0.4, -0.2) is 9.61 Å². The molecule has 0 fully saturated rings. The summed E-state index contributed by atoms with van der Waals surface area (Å²) in [5.41, 5.74) is 0.662. The van der Waals surface area contributed by atoms with Crippen molar-refractivity contribution in [1.29, 1.82) is 0 Å². The molecule has 0 atom stereocenters. The molecule has 0 unspecified atom stereocenters. The Morgan fingerprint density at radius 1 is 1.45 bits per heavy atom. The summed E-state index contributed by atoms with van der Waals surface area (Å²) in [6.07, 6.45) is 1.52. The van der Waals surface area contributed by atoms with Gasteiger partial charge in [0.05, 0.1) is 11.7 Å². The van der Waals surface area contributed by atoms with Crippen LogP contribution < -0.4 is 0 Å². The van der Waals surface area contributed by atoms with Gasteiger partial charge in [0.2, 0.25) is 5.95 Å². The van der Waals surface area contributed by atoms with Crippen LogP contribution in [0, 0.1) is 5.95 Å². The van der Waals surface area contributed by atoms with E-state index in [0.29, 0.717) is 10.5 Å². The van der Waals surface area contributed by atoms with Gasteiger partial charge in [-0.1, -0.05) is 11.6 Å². The fraction of sp³-hybridized carbons (Fsp3) is 0. The standard InChI is InChI=1S/C7H4ClFN2/c8-5-3-6-1-2-10-11(6)7(9)4-5/h1-4H. The van der Waals surface area contributed by atoms with Gasteiger partial charge in [-0.15, -0.1) is 0 Å². The second-order valence-corrected chi connectivity index (χ2v) is 2.60. The van der Waals surface area contributed by atoms with E-state index in [1.165, 1.54) is 16.8 Å². The molecular formula is C7H4ClFN2. The second-order valence-electron chi connectivity index (χ2n) is 2.16. The van der Waals surface area contributed by atoms with Crippen molar-refractivity contribution in [2.75, 3.05) is 0 Å². The van der Waals surface area contributed by atoms with Gasteiger partial charge in [0, 0.05) is 11.1 Å². The molecule has 0 saturated carbocycles. The van der Waals surface area contributed by atoms with Crippen LogP contribution in [0.25, 0.3) is 5.52 Å². The molecule has 0 aromatic carbocycles. The highest BCUT2D eigenvalue weighted by Gasteiger charge is 2.00. The van der Waals surface area contributed by atoms with Gasteiger partial charge >= 0.3 is 0 Å². The first-order valence-corrected chi connectivity index (χ1v) is 3.44. The molecule has 0 aliphatic rings. The predicted molar refractivity (Wildman–Crippen MR) is 40.2 cm³/mol. The number of hydrogen-bond donors (Lipinski definition) is 0. The van der Waals surface area contributed by atoms with Crippen molar-refractivity contribution >= 4 is 17.1 Å². The Bertz CT molecular complexity index is 396. The van der Waals surface area contributed by atoms with Crippen molar-refractivity contribution in [3.8, 4) is 0 Å². The Balaban J connectivity index is 2.91. The van der Waals surface area contributed by atoms with Crippen LogP contribution in [0.2, 0.25) is 5.02 Å². The molecule has 0 N–H and O–H groups in total. The Kier molecular flexibility index (Phi) is 1.32. The molecule has 4 heteroatoms. The second kappa shape index (κ2) is 2.20. The minimum absolute atomic E-state index is 0.385. The maximum Gasteiger partial charge on any atom is 0.216 e. The van der Waals surface area contributed by atoms with Gasteiger partial charge in [-0.05, 0) is 12.1 Å². The number of hydrogen-bond acceptors (Lipinski definition) is 1. The van der Waals surface area contributed by atoms with Crippen LogP contribution in [0.4, 0.5) is 4.39 Å². The highest BCUT2D eigenvalue weighted by molar-refractivity contribution is 6.30. The van der Waals surface area contributed by atoms with E-state index >= 15 is 0 Å². The molecule has 0 saturated heterocycles. The summed E-state index contributed by atoms with van der Waals surface area (Å²) in [5.74, 6) is -0.447. The SMILES string of the molecule is Fc1cc(Cl)cc2ccnn12. The third-order valence-electron chi connectivity index (χ3n) is 1.42. The van der Waals surface area contributed by atoms with E-state index in [2.05, 4.69) is 5.10 Å². The van der Waals surface area contributed by atoms with Gasteiger partial charge in [-0.25, -0.2) is 4.52 Å². The molecule has 0 spiro atoms. The van der Waals surface area contributed by atoms with Crippen molar-refractivity contribution < 1.29 is 4.39 Å². The number of rotatable bonds is 0.